The highest BCUT2D eigenvalue weighted by atomic mass is 79.9. The topological polar surface area (TPSA) is 35.5 Å². The third-order valence-corrected chi connectivity index (χ3v) is 7.83. The van der Waals surface area contributed by atoms with Crippen molar-refractivity contribution in [3.63, 3.8) is 0 Å². The summed E-state index contributed by atoms with van der Waals surface area (Å²) >= 11 is 3.66. The first kappa shape index (κ1) is 28.7. The van der Waals surface area contributed by atoms with Crippen LogP contribution in [0.5, 0.6) is 5.75 Å². The van der Waals surface area contributed by atoms with Crippen molar-refractivity contribution in [2.24, 2.45) is 5.92 Å². The second-order valence-corrected chi connectivity index (χ2v) is 11.0. The maximum Gasteiger partial charge on any atom is 0.340 e. The standard InChI is InChI=1S/C31H42BrFO3/c1-3-5-7-21-35-30-20-17-26(22-28(30)32)25-15-11-23(12-16-25)9-10-24-13-18-27(19-14-24)36-31(34)29(33)8-6-4-2/h11-12,15-17,20,22,24,27,29H,3-10,13-14,18-19,21H2,1-2H3/t24?,27?,29-/m0/s1. The van der Waals surface area contributed by atoms with Crippen LogP contribution in [0.15, 0.2) is 46.9 Å². The molecule has 1 fully saturated rings. The molecule has 3 nitrogen and oxygen atoms in total. The maximum absolute atomic E-state index is 13.9. The van der Waals surface area contributed by atoms with Crippen molar-refractivity contribution in [3.8, 4) is 16.9 Å². The van der Waals surface area contributed by atoms with E-state index < -0.39 is 12.1 Å². The van der Waals surface area contributed by atoms with Gasteiger partial charge in [0.25, 0.3) is 0 Å². The Balaban J connectivity index is 1.41. The molecule has 0 heterocycles. The smallest absolute Gasteiger partial charge is 0.340 e. The number of hydrogen-bond donors (Lipinski definition) is 0. The zero-order valence-electron chi connectivity index (χ0n) is 21.9. The van der Waals surface area contributed by atoms with Crippen LogP contribution in [0.25, 0.3) is 11.1 Å². The molecule has 5 heteroatoms. The molecule has 198 valence electrons. The minimum Gasteiger partial charge on any atom is -0.492 e. The Morgan fingerprint density at radius 1 is 0.972 bits per heavy atom. The number of rotatable bonds is 14. The van der Waals surface area contributed by atoms with E-state index in [1.165, 1.54) is 29.5 Å². The Kier molecular flexibility index (Phi) is 12.3. The van der Waals surface area contributed by atoms with Crippen LogP contribution in [0.1, 0.15) is 90.0 Å². The van der Waals surface area contributed by atoms with Crippen molar-refractivity contribution in [2.45, 2.75) is 103 Å². The van der Waals surface area contributed by atoms with Crippen LogP contribution in [0.2, 0.25) is 0 Å². The van der Waals surface area contributed by atoms with Crippen LogP contribution >= 0.6 is 15.9 Å². The van der Waals surface area contributed by atoms with E-state index in [0.717, 1.165) is 74.6 Å². The number of hydrogen-bond acceptors (Lipinski definition) is 3. The summed E-state index contributed by atoms with van der Waals surface area (Å²) in [6.07, 6.45) is 9.76. The number of benzene rings is 2. The largest absolute Gasteiger partial charge is 0.492 e. The molecule has 0 aliphatic heterocycles. The summed E-state index contributed by atoms with van der Waals surface area (Å²) < 4.78 is 26.2. The molecule has 0 bridgehead atoms. The number of esters is 1. The quantitative estimate of drug-likeness (QED) is 0.170. The van der Waals surface area contributed by atoms with Gasteiger partial charge in [-0.2, -0.15) is 0 Å². The molecular weight excluding hydrogens is 519 g/mol. The zero-order valence-corrected chi connectivity index (χ0v) is 23.5. The van der Waals surface area contributed by atoms with Crippen molar-refractivity contribution in [1.82, 2.24) is 0 Å². The number of carbonyl (C=O) groups excluding carboxylic acids is 1. The molecule has 1 saturated carbocycles. The molecule has 1 atom stereocenters. The van der Waals surface area contributed by atoms with Crippen molar-refractivity contribution >= 4 is 21.9 Å². The lowest BCUT2D eigenvalue weighted by atomic mass is 9.83. The molecule has 0 N–H and O–H groups in total. The van der Waals surface area contributed by atoms with Gasteiger partial charge >= 0.3 is 5.97 Å². The van der Waals surface area contributed by atoms with Gasteiger partial charge in [-0.05, 0) is 102 Å². The summed E-state index contributed by atoms with van der Waals surface area (Å²) in [6, 6.07) is 15.1. The van der Waals surface area contributed by atoms with E-state index in [-0.39, 0.29) is 12.5 Å². The third kappa shape index (κ3) is 9.21. The number of carbonyl (C=O) groups is 1. The SMILES string of the molecule is CCCCCOc1ccc(-c2ccc(CCC3CCC(OC(=O)[C@@H](F)CCCC)CC3)cc2)cc1Br. The number of aryl methyl sites for hydroxylation is 1. The summed E-state index contributed by atoms with van der Waals surface area (Å²) in [5.74, 6) is 0.881. The predicted molar refractivity (Wildman–Crippen MR) is 149 cm³/mol. The Bertz CT molecular complexity index is 922. The van der Waals surface area contributed by atoms with E-state index in [4.69, 9.17) is 9.47 Å². The van der Waals surface area contributed by atoms with E-state index >= 15 is 0 Å². The fourth-order valence-corrected chi connectivity index (χ4v) is 5.34. The summed E-state index contributed by atoms with van der Waals surface area (Å²) in [7, 11) is 0. The molecule has 0 unspecified atom stereocenters. The van der Waals surface area contributed by atoms with Crippen LogP contribution in [0.3, 0.4) is 0 Å². The summed E-state index contributed by atoms with van der Waals surface area (Å²) in [5.41, 5.74) is 3.72. The second kappa shape index (κ2) is 15.4. The highest BCUT2D eigenvalue weighted by Gasteiger charge is 2.27. The molecule has 0 spiro atoms. The van der Waals surface area contributed by atoms with Crippen molar-refractivity contribution in [1.29, 1.82) is 0 Å². The summed E-state index contributed by atoms with van der Waals surface area (Å²) in [5, 5.41) is 0. The van der Waals surface area contributed by atoms with Crippen molar-refractivity contribution < 1.29 is 18.7 Å². The Morgan fingerprint density at radius 3 is 2.33 bits per heavy atom. The fraction of sp³-hybridized carbons (Fsp3) is 0.581. The highest BCUT2D eigenvalue weighted by molar-refractivity contribution is 9.10. The summed E-state index contributed by atoms with van der Waals surface area (Å²) in [6.45, 7) is 4.95. The van der Waals surface area contributed by atoms with Gasteiger partial charge in [-0.1, -0.05) is 69.9 Å². The van der Waals surface area contributed by atoms with Gasteiger partial charge in [0.1, 0.15) is 11.9 Å². The Hall–Kier alpha value is -1.88. The lowest BCUT2D eigenvalue weighted by Crippen LogP contribution is -2.29. The number of ether oxygens (including phenoxy) is 2. The van der Waals surface area contributed by atoms with E-state index in [1.54, 1.807) is 0 Å². The normalized spacial score (nSPS) is 18.6. The Morgan fingerprint density at radius 2 is 1.67 bits per heavy atom. The van der Waals surface area contributed by atoms with E-state index in [0.29, 0.717) is 5.92 Å². The minimum atomic E-state index is -1.46. The van der Waals surface area contributed by atoms with E-state index in [2.05, 4.69) is 59.3 Å². The van der Waals surface area contributed by atoms with Gasteiger partial charge in [-0.15, -0.1) is 0 Å². The van der Waals surface area contributed by atoms with Gasteiger partial charge in [0.05, 0.1) is 11.1 Å². The lowest BCUT2D eigenvalue weighted by Gasteiger charge is -2.28. The van der Waals surface area contributed by atoms with Gasteiger partial charge in [0.2, 0.25) is 0 Å². The molecule has 2 aromatic rings. The molecule has 0 saturated heterocycles. The first-order valence-electron chi connectivity index (χ1n) is 13.9. The molecule has 2 aromatic carbocycles. The van der Waals surface area contributed by atoms with Crippen LogP contribution in [-0.2, 0) is 16.0 Å². The van der Waals surface area contributed by atoms with Crippen molar-refractivity contribution in [2.75, 3.05) is 6.61 Å². The zero-order chi connectivity index (χ0) is 25.8. The highest BCUT2D eigenvalue weighted by Crippen LogP contribution is 2.32. The fourth-order valence-electron chi connectivity index (χ4n) is 4.84. The molecule has 1 aliphatic carbocycles. The second-order valence-electron chi connectivity index (χ2n) is 10.1. The number of unbranched alkanes of at least 4 members (excludes halogenated alkanes) is 3. The van der Waals surface area contributed by atoms with Crippen molar-refractivity contribution in [3.05, 3.63) is 52.5 Å². The van der Waals surface area contributed by atoms with Crippen LogP contribution < -0.4 is 4.74 Å². The Labute approximate surface area is 225 Å². The third-order valence-electron chi connectivity index (χ3n) is 7.21. The molecule has 0 aromatic heterocycles. The number of alkyl halides is 1. The van der Waals surface area contributed by atoms with E-state index in [9.17, 15) is 9.18 Å². The van der Waals surface area contributed by atoms with Crippen LogP contribution in [0.4, 0.5) is 4.39 Å². The molecule has 1 aliphatic rings. The van der Waals surface area contributed by atoms with Gasteiger partial charge in [-0.25, -0.2) is 9.18 Å². The first-order valence-corrected chi connectivity index (χ1v) is 14.7. The van der Waals surface area contributed by atoms with Gasteiger partial charge in [0, 0.05) is 0 Å². The maximum atomic E-state index is 13.9. The monoisotopic (exact) mass is 560 g/mol. The molecule has 0 amide bonds. The average Bonchev–Trinajstić information content (AvgIpc) is 2.90. The van der Waals surface area contributed by atoms with Gasteiger partial charge < -0.3 is 9.47 Å². The minimum absolute atomic E-state index is 0.111. The van der Waals surface area contributed by atoms with Gasteiger partial charge in [-0.3, -0.25) is 0 Å². The summed E-state index contributed by atoms with van der Waals surface area (Å²) in [4.78, 5) is 11.9. The predicted octanol–water partition coefficient (Wildman–Crippen LogP) is 9.25. The number of halogens is 2. The van der Waals surface area contributed by atoms with Gasteiger partial charge in [0.15, 0.2) is 6.17 Å². The van der Waals surface area contributed by atoms with Crippen LogP contribution in [0, 0.1) is 5.92 Å². The molecule has 3 rings (SSSR count). The van der Waals surface area contributed by atoms with Crippen LogP contribution in [-0.4, -0.2) is 24.9 Å². The van der Waals surface area contributed by atoms with E-state index in [1.807, 2.05) is 13.0 Å². The first-order chi connectivity index (χ1) is 17.5. The molecular formula is C31H42BrFO3. The lowest BCUT2D eigenvalue weighted by molar-refractivity contribution is -0.157. The average molecular weight is 562 g/mol. The molecule has 0 radical (unpaired) electrons. The molecule has 36 heavy (non-hydrogen) atoms.